The number of hydrogen-bond donors (Lipinski definition) is 0. The van der Waals surface area contributed by atoms with Crippen LogP contribution in [0.1, 0.15) is 46.0 Å². The van der Waals surface area contributed by atoms with Crippen molar-refractivity contribution in [1.82, 2.24) is 0 Å². The van der Waals surface area contributed by atoms with E-state index in [9.17, 15) is 4.79 Å². The number of esters is 1. The van der Waals surface area contributed by atoms with Crippen LogP contribution in [0.4, 0.5) is 0 Å². The summed E-state index contributed by atoms with van der Waals surface area (Å²) in [7, 11) is 8.01. The van der Waals surface area contributed by atoms with E-state index in [-0.39, 0.29) is 5.97 Å². The molecule has 0 spiro atoms. The fraction of sp³-hybridized carbons (Fsp3) is 0.923. The Morgan fingerprint density at radius 1 is 1.28 bits per heavy atom. The topological polar surface area (TPSA) is 26.3 Å². The Kier molecular flexibility index (Phi) is 11.2. The summed E-state index contributed by atoms with van der Waals surface area (Å²) in [6.07, 6.45) is 5.16. The third-order valence-electron chi connectivity index (χ3n) is 2.44. The van der Waals surface area contributed by atoms with Gasteiger partial charge in [0.25, 0.3) is 0 Å². The third-order valence-corrected chi connectivity index (χ3v) is 13.4. The maximum absolute atomic E-state index is 11.4. The Labute approximate surface area is 123 Å². The van der Waals surface area contributed by atoms with Gasteiger partial charge in [0, 0.05) is 0 Å². The Balaban J connectivity index is 3.32. The summed E-state index contributed by atoms with van der Waals surface area (Å²) >= 11 is -2.27. The first-order valence-electron chi connectivity index (χ1n) is 6.80. The molecule has 0 heterocycles. The van der Waals surface area contributed by atoms with Crippen LogP contribution in [0.2, 0.25) is 9.88 Å². The van der Waals surface area contributed by atoms with E-state index >= 15 is 0 Å². The number of ether oxygens (including phenoxy) is 1. The third kappa shape index (κ3) is 15.0. The molecule has 0 aliphatic rings. The summed E-state index contributed by atoms with van der Waals surface area (Å²) in [5, 5.41) is 0. The predicted octanol–water partition coefficient (Wildman–Crippen LogP) is 4.81. The summed E-state index contributed by atoms with van der Waals surface area (Å²) in [5.74, 6) is 1.52. The molecule has 0 unspecified atom stereocenters. The first kappa shape index (κ1) is 18.9. The number of unbranched alkanes of at least 4 members (excludes halogenated alkanes) is 2. The minimum absolute atomic E-state index is 0.0708. The van der Waals surface area contributed by atoms with Gasteiger partial charge in [-0.1, -0.05) is 0 Å². The molecule has 0 aliphatic heterocycles. The average Bonchev–Trinajstić information content (AvgIpc) is 2.20. The van der Waals surface area contributed by atoms with Crippen LogP contribution in [0.3, 0.4) is 0 Å². The monoisotopic (exact) mass is 402 g/mol. The van der Waals surface area contributed by atoms with Crippen LogP contribution in [0.5, 0.6) is 0 Å². The van der Waals surface area contributed by atoms with Gasteiger partial charge < -0.3 is 0 Å². The van der Waals surface area contributed by atoms with Gasteiger partial charge in [0.15, 0.2) is 0 Å². The summed E-state index contributed by atoms with van der Waals surface area (Å²) < 4.78 is 5.19. The van der Waals surface area contributed by atoms with Crippen LogP contribution in [0.25, 0.3) is 0 Å². The summed E-state index contributed by atoms with van der Waals surface area (Å²) in [4.78, 5) is 15.7. The Morgan fingerprint density at radius 2 is 1.94 bits per heavy atom. The number of halogens is 1. The standard InChI is InChI=1S/C11H22O2S.2CH3.ClH.Sn/c1-10(2)6-4-3-5-8-13-11(12)7-9-14;;;;/h10,14H,3-9H2,1-2H3;2*1H3;1H;/q;;;;+2/p-2. The second-order valence-electron chi connectivity index (χ2n) is 5.43. The van der Waals surface area contributed by atoms with Gasteiger partial charge in [0.1, 0.15) is 0 Å². The van der Waals surface area contributed by atoms with Gasteiger partial charge in [0.05, 0.1) is 0 Å². The van der Waals surface area contributed by atoms with Crippen LogP contribution < -0.4 is 0 Å². The van der Waals surface area contributed by atoms with Crippen molar-refractivity contribution in [3.63, 3.8) is 0 Å². The Morgan fingerprint density at radius 3 is 2.50 bits per heavy atom. The Hall–Kier alpha value is 0.909. The van der Waals surface area contributed by atoms with Crippen molar-refractivity contribution >= 4 is 39.7 Å². The number of hydrogen-bond acceptors (Lipinski definition) is 3. The molecule has 0 aromatic carbocycles. The normalized spacial score (nSPS) is 11.9. The zero-order chi connectivity index (χ0) is 14.0. The molecular weight excluding hydrogens is 374 g/mol. The second-order valence-corrected chi connectivity index (χ2v) is 31.1. The quantitative estimate of drug-likeness (QED) is 0.298. The van der Waals surface area contributed by atoms with Crippen molar-refractivity contribution in [2.24, 2.45) is 5.92 Å². The summed E-state index contributed by atoms with van der Waals surface area (Å²) in [6.45, 7) is 5.05. The van der Waals surface area contributed by atoms with E-state index in [0.29, 0.717) is 13.0 Å². The van der Waals surface area contributed by atoms with Gasteiger partial charge in [0.2, 0.25) is 0 Å². The van der Waals surface area contributed by atoms with Crippen LogP contribution in [0.15, 0.2) is 0 Å². The predicted molar refractivity (Wildman–Crippen MR) is 84.7 cm³/mol. The fourth-order valence-corrected chi connectivity index (χ4v) is 8.80. The van der Waals surface area contributed by atoms with E-state index in [1.54, 1.807) is 8.95 Å². The molecule has 108 valence electrons. The van der Waals surface area contributed by atoms with Gasteiger partial charge >= 0.3 is 123 Å². The summed E-state index contributed by atoms with van der Waals surface area (Å²) in [6, 6.07) is 0. The molecule has 0 N–H and O–H groups in total. The molecule has 0 bridgehead atoms. The molecule has 0 rings (SSSR count). The molecule has 2 nitrogen and oxygen atoms in total. The Bertz CT molecular complexity index is 230. The van der Waals surface area contributed by atoms with Crippen LogP contribution in [0, 0.1) is 5.92 Å². The maximum atomic E-state index is 11.4. The molecule has 0 amide bonds. The minimum atomic E-state index is -2.27. The summed E-state index contributed by atoms with van der Waals surface area (Å²) in [5.41, 5.74) is 0. The number of carbonyl (C=O) groups is 1. The van der Waals surface area contributed by atoms with E-state index in [1.807, 2.05) is 0 Å². The van der Waals surface area contributed by atoms with Crippen molar-refractivity contribution in [2.75, 3.05) is 12.4 Å². The molecular formula is C13H27ClO2SSn. The van der Waals surface area contributed by atoms with Gasteiger partial charge in [-0.3, -0.25) is 0 Å². The fourth-order valence-electron chi connectivity index (χ4n) is 1.47. The molecule has 0 saturated carbocycles. The van der Waals surface area contributed by atoms with E-state index in [1.165, 1.54) is 12.8 Å². The first-order valence-corrected chi connectivity index (χ1v) is 20.6. The number of carbonyl (C=O) groups excluding carboxylic acids is 1. The van der Waals surface area contributed by atoms with Gasteiger partial charge in [-0.2, -0.15) is 0 Å². The van der Waals surface area contributed by atoms with Crippen LogP contribution in [-0.2, 0) is 9.53 Å². The van der Waals surface area contributed by atoms with E-state index in [0.717, 1.165) is 24.5 Å². The van der Waals surface area contributed by atoms with Crippen molar-refractivity contribution in [3.05, 3.63) is 0 Å². The van der Waals surface area contributed by atoms with Gasteiger partial charge in [-0.05, 0) is 0 Å². The SMILES string of the molecule is CC(C)CCCCCOC(=O)CC[S][Sn]([CH3])([CH3])[Cl]. The molecule has 0 atom stereocenters. The van der Waals surface area contributed by atoms with Crippen LogP contribution in [-0.4, -0.2) is 34.2 Å². The molecule has 5 heteroatoms. The van der Waals surface area contributed by atoms with Gasteiger partial charge in [-0.25, -0.2) is 0 Å². The molecule has 0 saturated heterocycles. The molecule has 0 aromatic heterocycles. The molecule has 0 radical (unpaired) electrons. The van der Waals surface area contributed by atoms with Crippen LogP contribution >= 0.6 is 17.9 Å². The van der Waals surface area contributed by atoms with Crippen molar-refractivity contribution in [3.8, 4) is 0 Å². The molecule has 0 aliphatic carbocycles. The zero-order valence-electron chi connectivity index (χ0n) is 12.1. The zero-order valence-corrected chi connectivity index (χ0v) is 16.6. The van der Waals surface area contributed by atoms with Gasteiger partial charge in [-0.15, -0.1) is 0 Å². The van der Waals surface area contributed by atoms with Crippen molar-refractivity contribution in [1.29, 1.82) is 0 Å². The molecule has 0 fully saturated rings. The number of rotatable bonds is 10. The average molecular weight is 402 g/mol. The van der Waals surface area contributed by atoms with E-state index in [4.69, 9.17) is 13.7 Å². The van der Waals surface area contributed by atoms with E-state index < -0.39 is 15.9 Å². The molecule has 0 aromatic rings. The van der Waals surface area contributed by atoms with Crippen molar-refractivity contribution in [2.45, 2.75) is 55.8 Å². The van der Waals surface area contributed by atoms with E-state index in [2.05, 4.69) is 23.7 Å². The van der Waals surface area contributed by atoms with Crippen molar-refractivity contribution < 1.29 is 9.53 Å². The molecule has 18 heavy (non-hydrogen) atoms. The first-order chi connectivity index (χ1) is 8.31. The second kappa shape index (κ2) is 10.7.